The molecule has 1 aliphatic rings. The second kappa shape index (κ2) is 5.72. The molecule has 0 bridgehead atoms. The fourth-order valence-corrected chi connectivity index (χ4v) is 3.00. The zero-order valence-electron chi connectivity index (χ0n) is 12.3. The molecule has 0 amide bonds. The molecule has 0 aliphatic heterocycles. The molecule has 0 saturated heterocycles. The molecule has 0 N–H and O–H groups in total. The standard InChI is InChI=1S/C16H24N2O/c1-5-13-14(16(19)11(2)3)15(17-18(13)4)12-9-7-6-8-10-12/h5,11-12H,1,6-10H2,2-4H3. The number of Topliss-reactive ketones (excluding diaryl/α,β-unsaturated/α-hetero) is 1. The summed E-state index contributed by atoms with van der Waals surface area (Å²) in [4.78, 5) is 12.5. The Morgan fingerprint density at radius 1 is 1.37 bits per heavy atom. The number of ketones is 1. The van der Waals surface area contributed by atoms with E-state index in [2.05, 4.69) is 11.7 Å². The lowest BCUT2D eigenvalue weighted by molar-refractivity contribution is 0.0937. The summed E-state index contributed by atoms with van der Waals surface area (Å²) in [6, 6.07) is 0. The highest BCUT2D eigenvalue weighted by molar-refractivity contribution is 6.01. The quantitative estimate of drug-likeness (QED) is 0.768. The second-order valence-electron chi connectivity index (χ2n) is 5.83. The molecule has 0 radical (unpaired) electrons. The number of hydrogen-bond donors (Lipinski definition) is 0. The monoisotopic (exact) mass is 260 g/mol. The van der Waals surface area contributed by atoms with Crippen LogP contribution >= 0.6 is 0 Å². The smallest absolute Gasteiger partial charge is 0.169 e. The lowest BCUT2D eigenvalue weighted by Gasteiger charge is -2.21. The molecule has 1 fully saturated rings. The van der Waals surface area contributed by atoms with Crippen molar-refractivity contribution in [2.24, 2.45) is 13.0 Å². The molecule has 1 aromatic heterocycles. The highest BCUT2D eigenvalue weighted by atomic mass is 16.1. The summed E-state index contributed by atoms with van der Waals surface area (Å²) < 4.78 is 1.81. The third-order valence-corrected chi connectivity index (χ3v) is 4.07. The van der Waals surface area contributed by atoms with Gasteiger partial charge in [0, 0.05) is 18.9 Å². The van der Waals surface area contributed by atoms with E-state index in [1.165, 1.54) is 19.3 Å². The Labute approximate surface area is 115 Å². The molecule has 0 unspecified atom stereocenters. The van der Waals surface area contributed by atoms with Crippen molar-refractivity contribution in [2.75, 3.05) is 0 Å². The van der Waals surface area contributed by atoms with E-state index in [1.807, 2.05) is 25.6 Å². The van der Waals surface area contributed by atoms with Gasteiger partial charge in [-0.3, -0.25) is 9.48 Å². The van der Waals surface area contributed by atoms with Crippen molar-refractivity contribution in [2.45, 2.75) is 51.9 Å². The molecular formula is C16H24N2O. The maximum atomic E-state index is 12.5. The highest BCUT2D eigenvalue weighted by Gasteiger charge is 2.28. The van der Waals surface area contributed by atoms with Gasteiger partial charge in [-0.05, 0) is 18.9 Å². The van der Waals surface area contributed by atoms with Gasteiger partial charge < -0.3 is 0 Å². The van der Waals surface area contributed by atoms with Crippen LogP contribution in [0.15, 0.2) is 6.58 Å². The lowest BCUT2D eigenvalue weighted by atomic mass is 9.83. The number of aryl methyl sites for hydroxylation is 1. The average molecular weight is 260 g/mol. The normalized spacial score (nSPS) is 16.8. The number of nitrogens with zero attached hydrogens (tertiary/aromatic N) is 2. The Kier molecular flexibility index (Phi) is 4.23. The van der Waals surface area contributed by atoms with Crippen molar-refractivity contribution in [3.05, 3.63) is 23.5 Å². The Balaban J connectivity index is 2.47. The summed E-state index contributed by atoms with van der Waals surface area (Å²) in [5.41, 5.74) is 2.70. The zero-order chi connectivity index (χ0) is 14.0. The van der Waals surface area contributed by atoms with Gasteiger partial charge in [-0.1, -0.05) is 39.7 Å². The van der Waals surface area contributed by atoms with Crippen molar-refractivity contribution in [3.8, 4) is 0 Å². The van der Waals surface area contributed by atoms with Gasteiger partial charge in [0.1, 0.15) is 0 Å². The van der Waals surface area contributed by atoms with E-state index in [1.54, 1.807) is 6.08 Å². The Bertz CT molecular complexity index is 479. The van der Waals surface area contributed by atoms with Gasteiger partial charge in [0.05, 0.1) is 17.0 Å². The Morgan fingerprint density at radius 2 is 2.00 bits per heavy atom. The van der Waals surface area contributed by atoms with E-state index in [9.17, 15) is 4.79 Å². The van der Waals surface area contributed by atoms with Crippen molar-refractivity contribution < 1.29 is 4.79 Å². The van der Waals surface area contributed by atoms with Crippen LogP contribution in [0.2, 0.25) is 0 Å². The fourth-order valence-electron chi connectivity index (χ4n) is 3.00. The van der Waals surface area contributed by atoms with Crippen LogP contribution < -0.4 is 0 Å². The van der Waals surface area contributed by atoms with Crippen LogP contribution in [-0.4, -0.2) is 15.6 Å². The number of aromatic nitrogens is 2. The number of carbonyl (C=O) groups is 1. The van der Waals surface area contributed by atoms with Crippen molar-refractivity contribution in [3.63, 3.8) is 0 Å². The van der Waals surface area contributed by atoms with E-state index < -0.39 is 0 Å². The predicted molar refractivity (Wildman–Crippen MR) is 78.3 cm³/mol. The predicted octanol–water partition coefficient (Wildman–Crippen LogP) is 3.95. The van der Waals surface area contributed by atoms with Crippen molar-refractivity contribution in [1.29, 1.82) is 0 Å². The third-order valence-electron chi connectivity index (χ3n) is 4.07. The first kappa shape index (κ1) is 14.0. The van der Waals surface area contributed by atoms with E-state index in [0.29, 0.717) is 5.92 Å². The summed E-state index contributed by atoms with van der Waals surface area (Å²) >= 11 is 0. The first-order valence-corrected chi connectivity index (χ1v) is 7.29. The van der Waals surface area contributed by atoms with Crippen LogP contribution in [0.4, 0.5) is 0 Å². The van der Waals surface area contributed by atoms with Gasteiger partial charge >= 0.3 is 0 Å². The molecule has 1 aromatic rings. The van der Waals surface area contributed by atoms with Crippen LogP contribution in [0.3, 0.4) is 0 Å². The zero-order valence-corrected chi connectivity index (χ0v) is 12.3. The molecule has 3 heteroatoms. The van der Waals surface area contributed by atoms with E-state index in [0.717, 1.165) is 29.8 Å². The first-order valence-electron chi connectivity index (χ1n) is 7.29. The maximum Gasteiger partial charge on any atom is 0.169 e. The number of hydrogen-bond acceptors (Lipinski definition) is 2. The molecule has 1 saturated carbocycles. The Morgan fingerprint density at radius 3 is 2.53 bits per heavy atom. The van der Waals surface area contributed by atoms with Gasteiger partial charge in [-0.25, -0.2) is 0 Å². The van der Waals surface area contributed by atoms with Crippen LogP contribution in [-0.2, 0) is 7.05 Å². The van der Waals surface area contributed by atoms with Gasteiger partial charge in [0.2, 0.25) is 0 Å². The fraction of sp³-hybridized carbons (Fsp3) is 0.625. The molecule has 0 aromatic carbocycles. The van der Waals surface area contributed by atoms with Gasteiger partial charge in [-0.15, -0.1) is 0 Å². The van der Waals surface area contributed by atoms with Gasteiger partial charge in [0.15, 0.2) is 5.78 Å². The van der Waals surface area contributed by atoms with Crippen LogP contribution in [0.25, 0.3) is 6.08 Å². The molecule has 3 nitrogen and oxygen atoms in total. The van der Waals surface area contributed by atoms with Gasteiger partial charge in [0.25, 0.3) is 0 Å². The minimum absolute atomic E-state index is 0.00485. The summed E-state index contributed by atoms with van der Waals surface area (Å²) in [5.74, 6) is 0.653. The molecule has 0 spiro atoms. The largest absolute Gasteiger partial charge is 0.294 e. The van der Waals surface area contributed by atoms with Crippen LogP contribution in [0, 0.1) is 5.92 Å². The molecule has 19 heavy (non-hydrogen) atoms. The second-order valence-corrected chi connectivity index (χ2v) is 5.83. The summed E-state index contributed by atoms with van der Waals surface area (Å²) in [6.07, 6.45) is 7.89. The van der Waals surface area contributed by atoms with Gasteiger partial charge in [-0.2, -0.15) is 5.10 Å². The average Bonchev–Trinajstić information content (AvgIpc) is 2.75. The topological polar surface area (TPSA) is 34.9 Å². The minimum Gasteiger partial charge on any atom is -0.294 e. The molecule has 1 aliphatic carbocycles. The lowest BCUT2D eigenvalue weighted by Crippen LogP contribution is -2.14. The highest BCUT2D eigenvalue weighted by Crippen LogP contribution is 2.35. The van der Waals surface area contributed by atoms with Crippen molar-refractivity contribution >= 4 is 11.9 Å². The first-order chi connectivity index (χ1) is 9.06. The summed E-state index contributed by atoms with van der Waals surface area (Å²) in [6.45, 7) is 7.74. The Hall–Kier alpha value is -1.38. The summed E-state index contributed by atoms with van der Waals surface area (Å²) in [7, 11) is 1.90. The third kappa shape index (κ3) is 2.65. The number of carbonyl (C=O) groups excluding carboxylic acids is 1. The van der Waals surface area contributed by atoms with E-state index in [4.69, 9.17) is 0 Å². The molecule has 1 heterocycles. The molecule has 2 rings (SSSR count). The number of rotatable bonds is 4. The van der Waals surface area contributed by atoms with Crippen molar-refractivity contribution in [1.82, 2.24) is 9.78 Å². The van der Waals surface area contributed by atoms with Crippen LogP contribution in [0.1, 0.15) is 73.6 Å². The molecule has 0 atom stereocenters. The summed E-state index contributed by atoms with van der Waals surface area (Å²) in [5, 5.41) is 4.63. The minimum atomic E-state index is 0.00485. The van der Waals surface area contributed by atoms with E-state index in [-0.39, 0.29) is 11.7 Å². The maximum absolute atomic E-state index is 12.5. The SMILES string of the molecule is C=Cc1c(C(=O)C(C)C)c(C2CCCCC2)nn1C. The molecular weight excluding hydrogens is 236 g/mol. The molecule has 104 valence electrons. The van der Waals surface area contributed by atoms with Crippen LogP contribution in [0.5, 0.6) is 0 Å². The van der Waals surface area contributed by atoms with E-state index >= 15 is 0 Å².